The number of thiophene rings is 2. The predicted octanol–water partition coefficient (Wildman–Crippen LogP) is 4.28. The van der Waals surface area contributed by atoms with Gasteiger partial charge >= 0.3 is 0 Å². The third-order valence-corrected chi connectivity index (χ3v) is 7.22. The maximum absolute atomic E-state index is 12.9. The van der Waals surface area contributed by atoms with Gasteiger partial charge in [0.1, 0.15) is 0 Å². The molecule has 5 heteroatoms. The molecule has 1 aliphatic heterocycles. The van der Waals surface area contributed by atoms with Crippen LogP contribution in [0.3, 0.4) is 0 Å². The Morgan fingerprint density at radius 1 is 1.17 bits per heavy atom. The highest BCUT2D eigenvalue weighted by atomic mass is 32.1. The lowest BCUT2D eigenvalue weighted by Gasteiger charge is -2.34. The van der Waals surface area contributed by atoms with Crippen LogP contribution in [0.25, 0.3) is 19.5 Å². The van der Waals surface area contributed by atoms with Crippen molar-refractivity contribution < 1.29 is 4.79 Å². The largest absolute Gasteiger partial charge is 0.338 e. The van der Waals surface area contributed by atoms with Gasteiger partial charge in [0.25, 0.3) is 5.91 Å². The van der Waals surface area contributed by atoms with E-state index in [0.29, 0.717) is 6.04 Å². The van der Waals surface area contributed by atoms with E-state index in [1.165, 1.54) is 19.5 Å². The molecule has 1 aromatic carbocycles. The van der Waals surface area contributed by atoms with E-state index in [-0.39, 0.29) is 5.91 Å². The first-order valence-corrected chi connectivity index (χ1v) is 9.63. The molecule has 2 aromatic heterocycles. The monoisotopic (exact) mass is 344 g/mol. The van der Waals surface area contributed by atoms with Gasteiger partial charge in [-0.05, 0) is 45.1 Å². The molecule has 1 amide bonds. The molecule has 0 unspecified atom stereocenters. The van der Waals surface area contributed by atoms with Crippen molar-refractivity contribution in [1.82, 2.24) is 9.80 Å². The number of nitrogens with zero attached hydrogens (tertiary/aromatic N) is 2. The maximum atomic E-state index is 12.9. The molecular formula is C18H20N2OS2. The van der Waals surface area contributed by atoms with Gasteiger partial charge in [-0.2, -0.15) is 0 Å². The molecule has 120 valence electrons. The number of amides is 1. The Morgan fingerprint density at radius 2 is 1.91 bits per heavy atom. The molecule has 3 nitrogen and oxygen atoms in total. The van der Waals surface area contributed by atoms with E-state index in [0.717, 1.165) is 30.8 Å². The van der Waals surface area contributed by atoms with Crippen molar-refractivity contribution in [2.75, 3.05) is 27.2 Å². The number of hydrogen-bond acceptors (Lipinski definition) is 4. The maximum Gasteiger partial charge on any atom is 0.263 e. The number of hydrogen-bond donors (Lipinski definition) is 0. The third-order valence-electron chi connectivity index (χ3n) is 4.82. The van der Waals surface area contributed by atoms with Gasteiger partial charge in [-0.25, -0.2) is 0 Å². The lowest BCUT2D eigenvalue weighted by atomic mass is 10.0. The van der Waals surface area contributed by atoms with Crippen LogP contribution in [0, 0.1) is 0 Å². The zero-order chi connectivity index (χ0) is 16.0. The molecule has 4 rings (SSSR count). The minimum Gasteiger partial charge on any atom is -0.338 e. The molecule has 3 aromatic rings. The second kappa shape index (κ2) is 5.89. The van der Waals surface area contributed by atoms with Gasteiger partial charge < -0.3 is 9.80 Å². The Kier molecular flexibility index (Phi) is 3.87. The summed E-state index contributed by atoms with van der Waals surface area (Å²) < 4.78 is 3.79. The SMILES string of the molecule is CN1CCC(N(C)C(=O)c2cc3sc4ccccc4c3s2)CC1. The van der Waals surface area contributed by atoms with Crippen molar-refractivity contribution in [3.8, 4) is 0 Å². The summed E-state index contributed by atoms with van der Waals surface area (Å²) in [6.45, 7) is 2.15. The smallest absolute Gasteiger partial charge is 0.263 e. The summed E-state index contributed by atoms with van der Waals surface area (Å²) in [6.07, 6.45) is 2.14. The molecule has 0 atom stereocenters. The summed E-state index contributed by atoms with van der Waals surface area (Å²) in [5.41, 5.74) is 0. The fourth-order valence-corrected chi connectivity index (χ4v) is 5.83. The highest BCUT2D eigenvalue weighted by Crippen LogP contribution is 2.39. The quantitative estimate of drug-likeness (QED) is 0.693. The van der Waals surface area contributed by atoms with Gasteiger partial charge in [0.2, 0.25) is 0 Å². The van der Waals surface area contributed by atoms with Crippen LogP contribution in [0.15, 0.2) is 30.3 Å². The molecule has 0 bridgehead atoms. The van der Waals surface area contributed by atoms with Crippen molar-refractivity contribution >= 4 is 48.1 Å². The van der Waals surface area contributed by atoms with Crippen LogP contribution in [0.4, 0.5) is 0 Å². The Balaban J connectivity index is 1.61. The van der Waals surface area contributed by atoms with Crippen LogP contribution in [-0.2, 0) is 0 Å². The molecule has 1 aliphatic rings. The van der Waals surface area contributed by atoms with E-state index in [2.05, 4.69) is 42.3 Å². The van der Waals surface area contributed by atoms with Crippen molar-refractivity contribution in [2.24, 2.45) is 0 Å². The average Bonchev–Trinajstić information content (AvgIpc) is 3.12. The first-order valence-electron chi connectivity index (χ1n) is 8.00. The Morgan fingerprint density at radius 3 is 2.70 bits per heavy atom. The van der Waals surface area contributed by atoms with Crippen molar-refractivity contribution in [3.63, 3.8) is 0 Å². The van der Waals surface area contributed by atoms with Crippen molar-refractivity contribution in [2.45, 2.75) is 18.9 Å². The zero-order valence-electron chi connectivity index (χ0n) is 13.4. The normalized spacial score (nSPS) is 17.1. The van der Waals surface area contributed by atoms with E-state index in [1.54, 1.807) is 22.7 Å². The summed E-state index contributed by atoms with van der Waals surface area (Å²) in [4.78, 5) is 18.0. The third kappa shape index (κ3) is 2.67. The van der Waals surface area contributed by atoms with Gasteiger partial charge in [0.05, 0.1) is 9.58 Å². The number of carbonyl (C=O) groups excluding carboxylic acids is 1. The highest BCUT2D eigenvalue weighted by molar-refractivity contribution is 7.33. The van der Waals surface area contributed by atoms with Crippen LogP contribution < -0.4 is 0 Å². The second-order valence-corrected chi connectivity index (χ2v) is 8.49. The first-order chi connectivity index (χ1) is 11.1. The Labute approximate surface area is 144 Å². The molecule has 23 heavy (non-hydrogen) atoms. The van der Waals surface area contributed by atoms with E-state index in [1.807, 2.05) is 11.9 Å². The summed E-state index contributed by atoms with van der Waals surface area (Å²) in [6, 6.07) is 10.9. The van der Waals surface area contributed by atoms with Crippen LogP contribution >= 0.6 is 22.7 Å². The molecule has 1 saturated heterocycles. The van der Waals surface area contributed by atoms with Gasteiger partial charge in [0.15, 0.2) is 0 Å². The number of piperidine rings is 1. The van der Waals surface area contributed by atoms with E-state index in [9.17, 15) is 4.79 Å². The summed E-state index contributed by atoms with van der Waals surface area (Å²) >= 11 is 3.42. The number of fused-ring (bicyclic) bond motifs is 3. The first kappa shape index (κ1) is 15.1. The summed E-state index contributed by atoms with van der Waals surface area (Å²) in [7, 11) is 4.11. The highest BCUT2D eigenvalue weighted by Gasteiger charge is 2.26. The van der Waals surface area contributed by atoms with E-state index < -0.39 is 0 Å². The topological polar surface area (TPSA) is 23.6 Å². The number of rotatable bonds is 2. The summed E-state index contributed by atoms with van der Waals surface area (Å²) in [5, 5.41) is 1.28. The van der Waals surface area contributed by atoms with Crippen LogP contribution in [0.5, 0.6) is 0 Å². The fraction of sp³-hybridized carbons (Fsp3) is 0.389. The Bertz CT molecular complexity index is 858. The molecule has 0 N–H and O–H groups in total. The lowest BCUT2D eigenvalue weighted by Crippen LogP contribution is -2.44. The predicted molar refractivity (Wildman–Crippen MR) is 99.8 cm³/mol. The van der Waals surface area contributed by atoms with Gasteiger partial charge in [-0.3, -0.25) is 4.79 Å². The molecule has 0 saturated carbocycles. The molecule has 0 aliphatic carbocycles. The van der Waals surface area contributed by atoms with Gasteiger partial charge in [0, 0.05) is 27.9 Å². The van der Waals surface area contributed by atoms with Crippen molar-refractivity contribution in [1.29, 1.82) is 0 Å². The molecule has 0 radical (unpaired) electrons. The van der Waals surface area contributed by atoms with Crippen LogP contribution in [0.1, 0.15) is 22.5 Å². The lowest BCUT2D eigenvalue weighted by molar-refractivity contribution is 0.0664. The molecular weight excluding hydrogens is 324 g/mol. The van der Waals surface area contributed by atoms with Crippen LogP contribution in [0.2, 0.25) is 0 Å². The van der Waals surface area contributed by atoms with Crippen LogP contribution in [-0.4, -0.2) is 48.9 Å². The minimum absolute atomic E-state index is 0.178. The molecule has 1 fully saturated rings. The zero-order valence-corrected chi connectivity index (χ0v) is 15.0. The molecule has 3 heterocycles. The summed E-state index contributed by atoms with van der Waals surface area (Å²) in [5.74, 6) is 0.178. The average molecular weight is 345 g/mol. The second-order valence-electron chi connectivity index (χ2n) is 6.35. The van der Waals surface area contributed by atoms with Gasteiger partial charge in [-0.1, -0.05) is 18.2 Å². The van der Waals surface area contributed by atoms with E-state index >= 15 is 0 Å². The van der Waals surface area contributed by atoms with Gasteiger partial charge in [-0.15, -0.1) is 22.7 Å². The molecule has 0 spiro atoms. The number of likely N-dealkylation sites (tertiary alicyclic amines) is 1. The minimum atomic E-state index is 0.178. The van der Waals surface area contributed by atoms with E-state index in [4.69, 9.17) is 0 Å². The van der Waals surface area contributed by atoms with Crippen molar-refractivity contribution in [3.05, 3.63) is 35.2 Å². The number of benzene rings is 1. The Hall–Kier alpha value is -1.43. The number of carbonyl (C=O) groups is 1. The fourth-order valence-electron chi connectivity index (χ4n) is 3.33. The standard InChI is InChI=1S/C18H20N2OS2/c1-19-9-7-12(8-10-19)20(2)18(21)16-11-15-17(23-16)13-5-3-4-6-14(13)22-15/h3-6,11-12H,7-10H2,1-2H3.